The zero-order valence-electron chi connectivity index (χ0n) is 18.8. The Kier molecular flexibility index (Phi) is 6.39. The number of rotatable bonds is 5. The van der Waals surface area contributed by atoms with Crippen molar-refractivity contribution in [2.75, 3.05) is 7.11 Å². The summed E-state index contributed by atoms with van der Waals surface area (Å²) in [4.78, 5) is 45.8. The number of hydrogen-bond donors (Lipinski definition) is 1. The van der Waals surface area contributed by atoms with E-state index in [1.165, 1.54) is 12.0 Å². The SMILES string of the molecule is COC(=O)c1[nH]c(C)c(C([O-])=C2C(=O)C(=O)N(Cc3ccc[nH+]c3)C2c2cccc(Br)c2)c1C. The Hall–Kier alpha value is -3.72. The van der Waals surface area contributed by atoms with Gasteiger partial charge in [-0.3, -0.25) is 9.59 Å². The van der Waals surface area contributed by atoms with Crippen molar-refractivity contribution in [2.24, 2.45) is 0 Å². The van der Waals surface area contributed by atoms with Crippen LogP contribution in [-0.4, -0.2) is 34.7 Å². The molecule has 2 N–H and O–H groups in total. The largest absolute Gasteiger partial charge is 0.872 e. The summed E-state index contributed by atoms with van der Waals surface area (Å²) < 4.78 is 5.54. The van der Waals surface area contributed by atoms with Gasteiger partial charge in [-0.15, -0.1) is 0 Å². The summed E-state index contributed by atoms with van der Waals surface area (Å²) in [6, 6.07) is 9.90. The summed E-state index contributed by atoms with van der Waals surface area (Å²) in [5.74, 6) is -2.82. The van der Waals surface area contributed by atoms with Gasteiger partial charge >= 0.3 is 5.97 Å². The average molecular weight is 524 g/mol. The number of ketones is 1. The fourth-order valence-corrected chi connectivity index (χ4v) is 4.73. The maximum Gasteiger partial charge on any atom is 0.354 e. The molecule has 1 fully saturated rings. The number of amides is 1. The van der Waals surface area contributed by atoms with Crippen LogP contribution in [0.4, 0.5) is 0 Å². The lowest BCUT2D eigenvalue weighted by atomic mass is 9.94. The zero-order valence-corrected chi connectivity index (χ0v) is 20.4. The van der Waals surface area contributed by atoms with Crippen LogP contribution in [0.15, 0.2) is 58.8 Å². The number of likely N-dealkylation sites (tertiary alicyclic amines) is 1. The predicted octanol–water partition coefficient (Wildman–Crippen LogP) is 2.42. The number of carbonyl (C=O) groups excluding carboxylic acids is 3. The second kappa shape index (κ2) is 9.26. The fraction of sp³-hybridized carbons (Fsp3) is 0.200. The Morgan fingerprint density at radius 3 is 2.65 bits per heavy atom. The van der Waals surface area contributed by atoms with Crippen LogP contribution in [0.3, 0.4) is 0 Å². The maximum atomic E-state index is 13.8. The lowest BCUT2D eigenvalue weighted by Gasteiger charge is -2.27. The first kappa shape index (κ1) is 23.4. The molecule has 1 aliphatic heterocycles. The van der Waals surface area contributed by atoms with Gasteiger partial charge in [0, 0.05) is 27.4 Å². The Morgan fingerprint density at radius 2 is 2.00 bits per heavy atom. The summed E-state index contributed by atoms with van der Waals surface area (Å²) in [7, 11) is 1.25. The first-order chi connectivity index (χ1) is 16.2. The number of nitrogens with one attached hydrogen (secondary N) is 2. The highest BCUT2D eigenvalue weighted by atomic mass is 79.9. The monoisotopic (exact) mass is 523 g/mol. The molecule has 4 rings (SSSR count). The number of Topliss-reactive ketones (excluding diaryl/α,β-unsaturated/α-hetero) is 1. The molecule has 3 aromatic rings. The van der Waals surface area contributed by atoms with Crippen LogP contribution in [-0.2, 0) is 20.9 Å². The number of hydrogen-bond acceptors (Lipinski definition) is 5. The third kappa shape index (κ3) is 4.03. The predicted molar refractivity (Wildman–Crippen MR) is 124 cm³/mol. The molecule has 9 heteroatoms. The lowest BCUT2D eigenvalue weighted by molar-refractivity contribution is -0.378. The molecule has 174 valence electrons. The van der Waals surface area contributed by atoms with Crippen LogP contribution in [0.2, 0.25) is 0 Å². The molecule has 1 aromatic carbocycles. The van der Waals surface area contributed by atoms with Crippen molar-refractivity contribution in [3.05, 3.63) is 92.5 Å². The Morgan fingerprint density at radius 1 is 1.24 bits per heavy atom. The highest BCUT2D eigenvalue weighted by molar-refractivity contribution is 9.10. The molecule has 3 heterocycles. The summed E-state index contributed by atoms with van der Waals surface area (Å²) in [5.41, 5.74) is 2.36. The molecule has 0 aliphatic carbocycles. The zero-order chi connectivity index (χ0) is 24.6. The number of esters is 1. The number of benzene rings is 1. The summed E-state index contributed by atoms with van der Waals surface area (Å²) in [6.07, 6.45) is 3.47. The Labute approximate surface area is 204 Å². The molecule has 8 nitrogen and oxygen atoms in total. The number of aromatic amines is 2. The molecule has 2 aromatic heterocycles. The Balaban J connectivity index is 1.92. The van der Waals surface area contributed by atoms with E-state index in [-0.39, 0.29) is 23.4 Å². The van der Waals surface area contributed by atoms with Crippen LogP contribution in [0, 0.1) is 13.8 Å². The second-order valence-electron chi connectivity index (χ2n) is 7.99. The minimum Gasteiger partial charge on any atom is -0.872 e. The van der Waals surface area contributed by atoms with Crippen LogP contribution < -0.4 is 10.1 Å². The van der Waals surface area contributed by atoms with Gasteiger partial charge < -0.3 is 19.7 Å². The number of carbonyl (C=O) groups is 3. The number of ether oxygens (including phenoxy) is 1. The van der Waals surface area contributed by atoms with Gasteiger partial charge in [-0.05, 0) is 48.7 Å². The molecule has 1 saturated heterocycles. The van der Waals surface area contributed by atoms with Gasteiger partial charge in [-0.1, -0.05) is 33.8 Å². The van der Waals surface area contributed by atoms with Crippen molar-refractivity contribution in [3.63, 3.8) is 0 Å². The number of methoxy groups -OCH3 is 1. The summed E-state index contributed by atoms with van der Waals surface area (Å²) >= 11 is 3.43. The van der Waals surface area contributed by atoms with Gasteiger partial charge in [0.15, 0.2) is 12.4 Å². The fourth-order valence-electron chi connectivity index (χ4n) is 4.31. The van der Waals surface area contributed by atoms with E-state index in [4.69, 9.17) is 4.74 Å². The topological polar surface area (TPSA) is 117 Å². The van der Waals surface area contributed by atoms with E-state index in [2.05, 4.69) is 25.9 Å². The average Bonchev–Trinajstić information content (AvgIpc) is 3.26. The highest BCUT2D eigenvalue weighted by Gasteiger charge is 2.44. The number of aryl methyl sites for hydroxylation is 1. The third-order valence-corrected chi connectivity index (χ3v) is 6.37. The van der Waals surface area contributed by atoms with E-state index < -0.39 is 29.5 Å². The normalized spacial score (nSPS) is 17.3. The van der Waals surface area contributed by atoms with Crippen molar-refractivity contribution in [1.82, 2.24) is 9.88 Å². The molecular formula is C25H22BrN3O5. The number of aromatic nitrogens is 2. The lowest BCUT2D eigenvalue weighted by Crippen LogP contribution is -2.29. The van der Waals surface area contributed by atoms with E-state index in [0.29, 0.717) is 16.8 Å². The van der Waals surface area contributed by atoms with Gasteiger partial charge in [0.1, 0.15) is 5.69 Å². The molecule has 1 amide bonds. The van der Waals surface area contributed by atoms with E-state index >= 15 is 0 Å². The molecule has 0 spiro atoms. The molecular weight excluding hydrogens is 502 g/mol. The summed E-state index contributed by atoms with van der Waals surface area (Å²) in [5, 5.41) is 13.8. The minimum atomic E-state index is -0.888. The van der Waals surface area contributed by atoms with Crippen molar-refractivity contribution < 1.29 is 29.2 Å². The van der Waals surface area contributed by atoms with Crippen LogP contribution in [0.25, 0.3) is 5.76 Å². The minimum absolute atomic E-state index is 0.133. The van der Waals surface area contributed by atoms with E-state index in [1.807, 2.05) is 12.1 Å². The number of H-pyrrole nitrogens is 2. The standard InChI is InChI=1S/C25H22BrN3O5/c1-13-18(14(2)28-20(13)25(33)34-3)22(30)19-21(16-7-4-8-17(26)10-16)29(24(32)23(19)31)12-15-6-5-9-27-11-15/h4-11,21,28,30H,12H2,1-3H3. The number of pyridine rings is 1. The third-order valence-electron chi connectivity index (χ3n) is 5.87. The van der Waals surface area contributed by atoms with Crippen molar-refractivity contribution >= 4 is 39.3 Å². The molecule has 0 radical (unpaired) electrons. The molecule has 1 atom stereocenters. The van der Waals surface area contributed by atoms with Crippen molar-refractivity contribution in [2.45, 2.75) is 26.4 Å². The first-order valence-electron chi connectivity index (χ1n) is 10.5. The highest BCUT2D eigenvalue weighted by Crippen LogP contribution is 2.41. The second-order valence-corrected chi connectivity index (χ2v) is 8.91. The molecule has 34 heavy (non-hydrogen) atoms. The van der Waals surface area contributed by atoms with Gasteiger partial charge in [0.2, 0.25) is 5.78 Å². The van der Waals surface area contributed by atoms with Gasteiger partial charge in [0.05, 0.1) is 19.7 Å². The number of halogens is 1. The molecule has 1 aliphatic rings. The van der Waals surface area contributed by atoms with E-state index in [0.717, 1.165) is 10.0 Å². The quantitative estimate of drug-likeness (QED) is 0.238. The van der Waals surface area contributed by atoms with E-state index in [1.54, 1.807) is 50.5 Å². The van der Waals surface area contributed by atoms with Gasteiger partial charge in [0.25, 0.3) is 5.91 Å². The Bertz CT molecular complexity index is 1330. The van der Waals surface area contributed by atoms with Gasteiger partial charge in [-0.25, -0.2) is 9.78 Å². The van der Waals surface area contributed by atoms with E-state index in [9.17, 15) is 19.5 Å². The van der Waals surface area contributed by atoms with Crippen molar-refractivity contribution in [1.29, 1.82) is 0 Å². The summed E-state index contributed by atoms with van der Waals surface area (Å²) in [6.45, 7) is 3.38. The first-order valence-corrected chi connectivity index (χ1v) is 11.3. The van der Waals surface area contributed by atoms with Crippen LogP contribution in [0.1, 0.15) is 44.5 Å². The molecule has 0 saturated carbocycles. The van der Waals surface area contributed by atoms with Crippen LogP contribution in [0.5, 0.6) is 0 Å². The maximum absolute atomic E-state index is 13.8. The molecule has 0 bridgehead atoms. The molecule has 1 unspecified atom stereocenters. The van der Waals surface area contributed by atoms with Crippen molar-refractivity contribution in [3.8, 4) is 0 Å². The smallest absolute Gasteiger partial charge is 0.354 e. The van der Waals surface area contributed by atoms with Crippen LogP contribution >= 0.6 is 15.9 Å². The number of nitrogens with zero attached hydrogens (tertiary/aromatic N) is 1. The van der Waals surface area contributed by atoms with Gasteiger partial charge in [-0.2, -0.15) is 0 Å².